The van der Waals surface area contributed by atoms with Gasteiger partial charge in [-0.05, 0) is 48.0 Å². The number of hydrogen-bond acceptors (Lipinski definition) is 9. The molecular weight excluding hydrogens is 476 g/mol. The highest BCUT2D eigenvalue weighted by Gasteiger charge is 2.17. The lowest BCUT2D eigenvalue weighted by Crippen LogP contribution is -2.13. The second-order valence-corrected chi connectivity index (χ2v) is 9.34. The number of ether oxygens (including phenoxy) is 1. The van der Waals surface area contributed by atoms with Gasteiger partial charge in [-0.25, -0.2) is 13.2 Å². The van der Waals surface area contributed by atoms with Gasteiger partial charge in [0.15, 0.2) is 0 Å². The highest BCUT2D eigenvalue weighted by molar-refractivity contribution is 7.90. The van der Waals surface area contributed by atoms with Gasteiger partial charge in [-0.3, -0.25) is 10.1 Å². The molecule has 0 bridgehead atoms. The lowest BCUT2D eigenvalue weighted by molar-refractivity contribution is -0.112. The van der Waals surface area contributed by atoms with Crippen LogP contribution in [-0.4, -0.2) is 35.9 Å². The van der Waals surface area contributed by atoms with E-state index in [1.165, 1.54) is 30.3 Å². The maximum Gasteiger partial charge on any atom is 0.343 e. The minimum atomic E-state index is -3.61. The normalized spacial score (nSPS) is 11.5. The van der Waals surface area contributed by atoms with Gasteiger partial charge >= 0.3 is 5.97 Å². The van der Waals surface area contributed by atoms with E-state index < -0.39 is 26.9 Å². The van der Waals surface area contributed by atoms with E-state index in [-0.39, 0.29) is 16.5 Å². The maximum atomic E-state index is 12.3. The fourth-order valence-electron chi connectivity index (χ4n) is 2.28. The summed E-state index contributed by atoms with van der Waals surface area (Å²) in [4.78, 5) is 28.2. The molecule has 1 aromatic heterocycles. The molecular formula is C20H13ClN4O5S2. The van der Waals surface area contributed by atoms with Crippen LogP contribution in [0.15, 0.2) is 59.3 Å². The van der Waals surface area contributed by atoms with Crippen LogP contribution in [0.3, 0.4) is 0 Å². The number of nitriles is 1. The van der Waals surface area contributed by atoms with E-state index in [9.17, 15) is 23.3 Å². The van der Waals surface area contributed by atoms with E-state index in [1.807, 2.05) is 0 Å². The molecule has 0 fully saturated rings. The van der Waals surface area contributed by atoms with Crippen LogP contribution < -0.4 is 10.1 Å². The van der Waals surface area contributed by atoms with Gasteiger partial charge in [0.2, 0.25) is 15.0 Å². The van der Waals surface area contributed by atoms with Crippen LogP contribution in [0.4, 0.5) is 5.13 Å². The third-order valence-electron chi connectivity index (χ3n) is 3.81. The Morgan fingerprint density at radius 2 is 1.81 bits per heavy atom. The zero-order valence-corrected chi connectivity index (χ0v) is 18.7. The number of nitrogens with one attached hydrogen (secondary N) is 1. The Bertz CT molecular complexity index is 1340. The van der Waals surface area contributed by atoms with Gasteiger partial charge in [-0.2, -0.15) is 14.6 Å². The van der Waals surface area contributed by atoms with E-state index in [1.54, 1.807) is 30.3 Å². The summed E-state index contributed by atoms with van der Waals surface area (Å²) in [5.74, 6) is -1.07. The largest absolute Gasteiger partial charge is 0.423 e. The number of benzene rings is 2. The van der Waals surface area contributed by atoms with Crippen LogP contribution in [0, 0.1) is 11.3 Å². The molecule has 12 heteroatoms. The molecule has 0 spiro atoms. The molecule has 0 atom stereocenters. The zero-order chi connectivity index (χ0) is 23.3. The fourth-order valence-corrected chi connectivity index (χ4v) is 3.84. The van der Waals surface area contributed by atoms with E-state index in [4.69, 9.17) is 16.3 Å². The summed E-state index contributed by atoms with van der Waals surface area (Å²) in [7, 11) is -3.61. The molecule has 1 N–H and O–H groups in total. The van der Waals surface area contributed by atoms with Gasteiger partial charge in [0.25, 0.3) is 11.1 Å². The summed E-state index contributed by atoms with van der Waals surface area (Å²) in [5.41, 5.74) is 0.585. The monoisotopic (exact) mass is 488 g/mol. The highest BCUT2D eigenvalue weighted by atomic mass is 35.5. The van der Waals surface area contributed by atoms with Gasteiger partial charge in [-0.15, -0.1) is 0 Å². The Kier molecular flexibility index (Phi) is 6.99. The zero-order valence-electron chi connectivity index (χ0n) is 16.3. The SMILES string of the molecule is CS(=O)(=O)c1nsc(NC(=O)/C(C#N)=C\c2ccc(OC(=O)c3ccc(Cl)cc3)cc2)n1. The lowest BCUT2D eigenvalue weighted by atomic mass is 10.1. The Morgan fingerprint density at radius 1 is 1.16 bits per heavy atom. The number of aromatic nitrogens is 2. The molecule has 1 heterocycles. The number of carbonyl (C=O) groups excluding carboxylic acids is 2. The smallest absolute Gasteiger partial charge is 0.343 e. The molecule has 0 unspecified atom stereocenters. The number of rotatable bonds is 6. The second kappa shape index (κ2) is 9.69. The van der Waals surface area contributed by atoms with E-state index in [0.29, 0.717) is 27.7 Å². The van der Waals surface area contributed by atoms with Crippen molar-refractivity contribution < 1.29 is 22.7 Å². The minimum absolute atomic E-state index is 0.0546. The molecule has 0 saturated heterocycles. The van der Waals surface area contributed by atoms with Crippen LogP contribution in [0.5, 0.6) is 5.75 Å². The van der Waals surface area contributed by atoms with E-state index >= 15 is 0 Å². The van der Waals surface area contributed by atoms with Crippen molar-refractivity contribution in [1.29, 1.82) is 5.26 Å². The van der Waals surface area contributed by atoms with Crippen LogP contribution >= 0.6 is 23.1 Å². The fraction of sp³-hybridized carbons (Fsp3) is 0.0500. The van der Waals surface area contributed by atoms with Crippen LogP contribution in [0.25, 0.3) is 6.08 Å². The third kappa shape index (κ3) is 5.98. The van der Waals surface area contributed by atoms with E-state index in [0.717, 1.165) is 6.26 Å². The van der Waals surface area contributed by atoms with Crippen LogP contribution in [-0.2, 0) is 14.6 Å². The Balaban J connectivity index is 1.68. The van der Waals surface area contributed by atoms with Crippen molar-refractivity contribution in [3.63, 3.8) is 0 Å². The third-order valence-corrected chi connectivity index (χ3v) is 5.65. The van der Waals surface area contributed by atoms with Gasteiger partial charge in [-0.1, -0.05) is 23.7 Å². The van der Waals surface area contributed by atoms with Gasteiger partial charge < -0.3 is 4.74 Å². The number of carbonyl (C=O) groups is 2. The number of amides is 1. The molecule has 0 aliphatic rings. The number of esters is 1. The van der Waals surface area contributed by atoms with Crippen molar-refractivity contribution in [2.75, 3.05) is 11.6 Å². The van der Waals surface area contributed by atoms with Crippen LogP contribution in [0.2, 0.25) is 5.02 Å². The van der Waals surface area contributed by atoms with Crippen LogP contribution in [0.1, 0.15) is 15.9 Å². The summed E-state index contributed by atoms with van der Waals surface area (Å²) >= 11 is 6.48. The molecule has 9 nitrogen and oxygen atoms in total. The van der Waals surface area contributed by atoms with Crippen molar-refractivity contribution in [2.45, 2.75) is 5.16 Å². The summed E-state index contributed by atoms with van der Waals surface area (Å²) < 4.78 is 31.8. The van der Waals surface area contributed by atoms with Crippen molar-refractivity contribution in [2.24, 2.45) is 0 Å². The number of halogens is 1. The van der Waals surface area contributed by atoms with Gasteiger partial charge in [0, 0.05) is 22.8 Å². The molecule has 162 valence electrons. The summed E-state index contributed by atoms with van der Waals surface area (Å²) in [6, 6.07) is 14.1. The Hall–Kier alpha value is -3.59. The molecule has 3 rings (SSSR count). The first-order valence-corrected chi connectivity index (χ1v) is 11.7. The Morgan fingerprint density at radius 3 is 2.38 bits per heavy atom. The number of nitrogens with zero attached hydrogens (tertiary/aromatic N) is 3. The average Bonchev–Trinajstić information content (AvgIpc) is 3.22. The molecule has 2 aromatic carbocycles. The second-order valence-electron chi connectivity index (χ2n) is 6.24. The summed E-state index contributed by atoms with van der Waals surface area (Å²) in [6.07, 6.45) is 2.26. The predicted octanol–water partition coefficient (Wildman–Crippen LogP) is 3.36. The molecule has 0 aliphatic heterocycles. The topological polar surface area (TPSA) is 139 Å². The molecule has 0 aliphatic carbocycles. The van der Waals surface area contributed by atoms with Crippen molar-refractivity contribution >= 4 is 56.1 Å². The summed E-state index contributed by atoms with van der Waals surface area (Å²) in [6.45, 7) is 0. The first kappa shape index (κ1) is 23.1. The molecule has 1 amide bonds. The van der Waals surface area contributed by atoms with Crippen molar-refractivity contribution in [1.82, 2.24) is 9.36 Å². The van der Waals surface area contributed by atoms with Crippen molar-refractivity contribution in [3.8, 4) is 11.8 Å². The molecule has 0 saturated carbocycles. The number of hydrogen-bond donors (Lipinski definition) is 1. The molecule has 32 heavy (non-hydrogen) atoms. The first-order valence-electron chi connectivity index (χ1n) is 8.70. The lowest BCUT2D eigenvalue weighted by Gasteiger charge is -2.05. The standard InChI is InChI=1S/C20H13ClN4O5S2/c1-32(28,29)20-24-19(31-25-20)23-17(26)14(11-22)10-12-2-8-16(9-3-12)30-18(27)13-4-6-15(21)7-5-13/h2-10H,1H3,(H,23,24,25,26)/b14-10-. The number of anilines is 1. The number of sulfone groups is 1. The summed E-state index contributed by atoms with van der Waals surface area (Å²) in [5, 5.41) is 11.7. The average molecular weight is 489 g/mol. The van der Waals surface area contributed by atoms with Crippen molar-refractivity contribution in [3.05, 3.63) is 70.3 Å². The quantitative estimate of drug-likeness (QED) is 0.241. The first-order chi connectivity index (χ1) is 15.2. The maximum absolute atomic E-state index is 12.3. The Labute approximate surface area is 192 Å². The van der Waals surface area contributed by atoms with Gasteiger partial charge in [0.1, 0.15) is 17.4 Å². The van der Waals surface area contributed by atoms with Gasteiger partial charge in [0.05, 0.1) is 5.56 Å². The van der Waals surface area contributed by atoms with E-state index in [2.05, 4.69) is 14.7 Å². The highest BCUT2D eigenvalue weighted by Crippen LogP contribution is 2.19. The minimum Gasteiger partial charge on any atom is -0.423 e. The molecule has 3 aromatic rings. The molecule has 0 radical (unpaired) electrons. The predicted molar refractivity (Wildman–Crippen MR) is 118 cm³/mol.